The summed E-state index contributed by atoms with van der Waals surface area (Å²) in [5, 5.41) is 0. The van der Waals surface area contributed by atoms with Crippen LogP contribution in [0.1, 0.15) is 30.5 Å². The van der Waals surface area contributed by atoms with Gasteiger partial charge < -0.3 is 5.73 Å². The summed E-state index contributed by atoms with van der Waals surface area (Å²) in [6.45, 7) is 5.63. The van der Waals surface area contributed by atoms with Crippen molar-refractivity contribution in [3.63, 3.8) is 0 Å². The lowest BCUT2D eigenvalue weighted by atomic mass is 10.3. The van der Waals surface area contributed by atoms with E-state index in [0.717, 1.165) is 9.75 Å². The lowest BCUT2D eigenvalue weighted by molar-refractivity contribution is 0.545. The van der Waals surface area contributed by atoms with Crippen LogP contribution < -0.4 is 10.5 Å². The van der Waals surface area contributed by atoms with E-state index < -0.39 is 14.8 Å². The zero-order valence-corrected chi connectivity index (χ0v) is 12.4. The largest absolute Gasteiger partial charge is 0.320 e. The predicted molar refractivity (Wildman–Crippen MR) is 75.8 cm³/mol. The van der Waals surface area contributed by atoms with E-state index in [1.165, 1.54) is 11.3 Å². The average Bonchev–Trinajstić information content (AvgIpc) is 2.70. The number of nitrogens with one attached hydrogen (secondary N) is 1. The van der Waals surface area contributed by atoms with Crippen LogP contribution in [0.3, 0.4) is 0 Å². The van der Waals surface area contributed by atoms with Crippen molar-refractivity contribution in [2.75, 3.05) is 6.54 Å². The SMILES string of the molecule is CC(C)(C)S(=O)(=O)NCc1ccc(C#CCN)s1. The van der Waals surface area contributed by atoms with E-state index in [1.807, 2.05) is 12.1 Å². The van der Waals surface area contributed by atoms with Gasteiger partial charge in [0.05, 0.1) is 16.2 Å². The van der Waals surface area contributed by atoms with E-state index in [1.54, 1.807) is 20.8 Å². The van der Waals surface area contributed by atoms with Gasteiger partial charge in [0.15, 0.2) is 0 Å². The highest BCUT2D eigenvalue weighted by molar-refractivity contribution is 7.90. The molecule has 0 bridgehead atoms. The molecule has 0 saturated heterocycles. The molecule has 0 spiro atoms. The third-order valence-electron chi connectivity index (χ3n) is 2.22. The molecule has 1 rings (SSSR count). The molecular formula is C12H18N2O2S2. The molecule has 0 unspecified atom stereocenters. The van der Waals surface area contributed by atoms with Gasteiger partial charge in [0.1, 0.15) is 0 Å². The zero-order valence-electron chi connectivity index (χ0n) is 10.8. The number of nitrogens with two attached hydrogens (primary N) is 1. The molecule has 1 heterocycles. The van der Waals surface area contributed by atoms with Crippen molar-refractivity contribution in [3.8, 4) is 11.8 Å². The molecule has 1 aromatic heterocycles. The van der Waals surface area contributed by atoms with Crippen molar-refractivity contribution < 1.29 is 8.42 Å². The minimum Gasteiger partial charge on any atom is -0.320 e. The fraction of sp³-hybridized carbons (Fsp3) is 0.500. The Morgan fingerprint density at radius 3 is 2.61 bits per heavy atom. The van der Waals surface area contributed by atoms with E-state index in [2.05, 4.69) is 16.6 Å². The Bertz CT molecular complexity index is 557. The van der Waals surface area contributed by atoms with Gasteiger partial charge in [-0.3, -0.25) is 0 Å². The predicted octanol–water partition coefficient (Wildman–Crippen LogP) is 1.28. The monoisotopic (exact) mass is 286 g/mol. The quantitative estimate of drug-likeness (QED) is 0.822. The van der Waals surface area contributed by atoms with Crippen molar-refractivity contribution in [3.05, 3.63) is 21.9 Å². The number of hydrogen-bond donors (Lipinski definition) is 2. The van der Waals surface area contributed by atoms with Crippen molar-refractivity contribution in [1.29, 1.82) is 0 Å². The molecule has 0 aliphatic carbocycles. The van der Waals surface area contributed by atoms with Crippen molar-refractivity contribution >= 4 is 21.4 Å². The Balaban J connectivity index is 2.68. The highest BCUT2D eigenvalue weighted by Gasteiger charge is 2.28. The average molecular weight is 286 g/mol. The number of sulfonamides is 1. The van der Waals surface area contributed by atoms with Gasteiger partial charge in [0.25, 0.3) is 0 Å². The minimum absolute atomic E-state index is 0.300. The van der Waals surface area contributed by atoms with Gasteiger partial charge in [0.2, 0.25) is 10.0 Å². The highest BCUT2D eigenvalue weighted by Crippen LogP contribution is 2.18. The van der Waals surface area contributed by atoms with Crippen LogP contribution in [-0.2, 0) is 16.6 Å². The Morgan fingerprint density at radius 2 is 2.06 bits per heavy atom. The van der Waals surface area contributed by atoms with Crippen LogP contribution in [0.2, 0.25) is 0 Å². The first-order chi connectivity index (χ1) is 8.26. The Morgan fingerprint density at radius 1 is 1.39 bits per heavy atom. The van der Waals surface area contributed by atoms with Gasteiger partial charge in [-0.15, -0.1) is 11.3 Å². The van der Waals surface area contributed by atoms with Crippen LogP contribution in [0.5, 0.6) is 0 Å². The zero-order chi connectivity index (χ0) is 13.8. The van der Waals surface area contributed by atoms with E-state index >= 15 is 0 Å². The van der Waals surface area contributed by atoms with Crippen molar-refractivity contribution in [2.24, 2.45) is 5.73 Å². The first-order valence-corrected chi connectivity index (χ1v) is 7.83. The minimum atomic E-state index is -3.30. The first kappa shape index (κ1) is 15.2. The summed E-state index contributed by atoms with van der Waals surface area (Å²) in [4.78, 5) is 1.83. The molecule has 0 amide bonds. The number of thiophene rings is 1. The molecule has 0 fully saturated rings. The standard InChI is InChI=1S/C12H18N2O2S2/c1-12(2,3)18(15,16)14-9-11-7-6-10(17-11)5-4-8-13/h6-7,14H,8-9,13H2,1-3H3. The molecular weight excluding hydrogens is 268 g/mol. The Hall–Kier alpha value is -0.870. The summed E-state index contributed by atoms with van der Waals surface area (Å²) in [5.41, 5.74) is 5.29. The second-order valence-corrected chi connectivity index (χ2v) is 8.40. The van der Waals surface area contributed by atoms with E-state index in [-0.39, 0.29) is 0 Å². The molecule has 3 N–H and O–H groups in total. The van der Waals surface area contributed by atoms with Crippen LogP contribution in [0.4, 0.5) is 0 Å². The fourth-order valence-corrected chi connectivity index (χ4v) is 2.75. The molecule has 0 atom stereocenters. The molecule has 4 nitrogen and oxygen atoms in total. The van der Waals surface area contributed by atoms with Gasteiger partial charge in [0, 0.05) is 11.4 Å². The molecule has 0 aromatic carbocycles. The maximum Gasteiger partial charge on any atom is 0.216 e. The molecule has 0 aliphatic rings. The summed E-state index contributed by atoms with van der Waals surface area (Å²) in [6.07, 6.45) is 0. The van der Waals surface area contributed by atoms with Crippen LogP contribution in [0.15, 0.2) is 12.1 Å². The maximum atomic E-state index is 11.9. The molecule has 100 valence electrons. The lowest BCUT2D eigenvalue weighted by Gasteiger charge is -2.19. The third kappa shape index (κ3) is 4.10. The van der Waals surface area contributed by atoms with Gasteiger partial charge >= 0.3 is 0 Å². The van der Waals surface area contributed by atoms with Crippen LogP contribution in [0, 0.1) is 11.8 Å². The van der Waals surface area contributed by atoms with Gasteiger partial charge in [-0.1, -0.05) is 11.8 Å². The van der Waals surface area contributed by atoms with E-state index in [4.69, 9.17) is 5.73 Å². The summed E-state index contributed by atoms with van der Waals surface area (Å²) in [7, 11) is -3.30. The summed E-state index contributed by atoms with van der Waals surface area (Å²) in [6, 6.07) is 3.74. The third-order valence-corrected chi connectivity index (χ3v) is 5.36. The second kappa shape index (κ2) is 5.85. The van der Waals surface area contributed by atoms with Crippen LogP contribution in [0.25, 0.3) is 0 Å². The smallest absolute Gasteiger partial charge is 0.216 e. The van der Waals surface area contributed by atoms with Crippen LogP contribution >= 0.6 is 11.3 Å². The summed E-state index contributed by atoms with van der Waals surface area (Å²) >= 11 is 1.47. The second-order valence-electron chi connectivity index (χ2n) is 4.71. The number of rotatable bonds is 3. The van der Waals surface area contributed by atoms with Gasteiger partial charge in [-0.05, 0) is 32.9 Å². The lowest BCUT2D eigenvalue weighted by Crippen LogP contribution is -2.38. The van der Waals surface area contributed by atoms with Gasteiger partial charge in [-0.25, -0.2) is 13.1 Å². The fourth-order valence-electron chi connectivity index (χ4n) is 1.06. The number of hydrogen-bond acceptors (Lipinski definition) is 4. The van der Waals surface area contributed by atoms with E-state index in [9.17, 15) is 8.42 Å². The summed E-state index contributed by atoms with van der Waals surface area (Å²) < 4.78 is 25.5. The topological polar surface area (TPSA) is 72.2 Å². The molecule has 0 aliphatic heterocycles. The molecule has 1 aromatic rings. The Labute approximate surface area is 113 Å². The Kier molecular flexibility index (Phi) is 4.93. The van der Waals surface area contributed by atoms with Crippen molar-refractivity contribution in [2.45, 2.75) is 32.1 Å². The highest BCUT2D eigenvalue weighted by atomic mass is 32.2. The molecule has 6 heteroatoms. The summed E-state index contributed by atoms with van der Waals surface area (Å²) in [5.74, 6) is 5.68. The molecule has 0 radical (unpaired) electrons. The van der Waals surface area contributed by atoms with Crippen LogP contribution in [-0.4, -0.2) is 19.7 Å². The molecule has 0 saturated carbocycles. The van der Waals surface area contributed by atoms with E-state index in [0.29, 0.717) is 13.1 Å². The maximum absolute atomic E-state index is 11.9. The molecule has 18 heavy (non-hydrogen) atoms. The normalized spacial score (nSPS) is 12.0. The van der Waals surface area contributed by atoms with Gasteiger partial charge in [-0.2, -0.15) is 0 Å². The van der Waals surface area contributed by atoms with Crippen molar-refractivity contribution in [1.82, 2.24) is 4.72 Å². The first-order valence-electron chi connectivity index (χ1n) is 5.53.